The maximum absolute atomic E-state index is 12.3. The van der Waals surface area contributed by atoms with Crippen molar-refractivity contribution in [1.29, 1.82) is 0 Å². The molecule has 0 aliphatic carbocycles. The minimum Gasteiger partial charge on any atom is -0.294 e. The van der Waals surface area contributed by atoms with Gasteiger partial charge in [-0.05, 0) is 30.7 Å². The van der Waals surface area contributed by atoms with E-state index >= 15 is 0 Å². The third kappa shape index (κ3) is 3.25. The maximum Gasteiger partial charge on any atom is 0.170 e. The quantitative estimate of drug-likeness (QED) is 0.792. The molecule has 0 bridgehead atoms. The van der Waals surface area contributed by atoms with E-state index in [4.69, 9.17) is 11.6 Å². The molecule has 0 spiro atoms. The van der Waals surface area contributed by atoms with Gasteiger partial charge in [0.2, 0.25) is 0 Å². The number of ketones is 1. The summed E-state index contributed by atoms with van der Waals surface area (Å²) in [6, 6.07) is 7.25. The van der Waals surface area contributed by atoms with Gasteiger partial charge in [-0.25, -0.2) is 0 Å². The Kier molecular flexibility index (Phi) is 4.42. The van der Waals surface area contributed by atoms with Gasteiger partial charge in [0.1, 0.15) is 0 Å². The average Bonchev–Trinajstić information content (AvgIpc) is 2.73. The highest BCUT2D eigenvalue weighted by Crippen LogP contribution is 2.22. The molecular formula is C14H14BrClN2O. The Labute approximate surface area is 125 Å². The van der Waals surface area contributed by atoms with E-state index in [0.29, 0.717) is 17.0 Å². The summed E-state index contributed by atoms with van der Waals surface area (Å²) in [4.78, 5) is 12.3. The summed E-state index contributed by atoms with van der Waals surface area (Å²) in [5, 5.41) is 4.82. The van der Waals surface area contributed by atoms with Crippen LogP contribution in [0.1, 0.15) is 28.7 Å². The highest BCUT2D eigenvalue weighted by atomic mass is 79.9. The number of carbonyl (C=O) groups excluding carboxylic acids is 1. The predicted octanol–water partition coefficient (Wildman–Crippen LogP) is 3.82. The summed E-state index contributed by atoms with van der Waals surface area (Å²) < 4.78 is 2.60. The summed E-state index contributed by atoms with van der Waals surface area (Å²) >= 11 is 9.42. The second-order valence-electron chi connectivity index (χ2n) is 4.33. The molecule has 3 nitrogen and oxygen atoms in total. The van der Waals surface area contributed by atoms with Crippen LogP contribution < -0.4 is 0 Å². The highest BCUT2D eigenvalue weighted by Gasteiger charge is 2.14. The second-order valence-corrected chi connectivity index (χ2v) is 5.65. The van der Waals surface area contributed by atoms with Gasteiger partial charge in [0, 0.05) is 22.8 Å². The van der Waals surface area contributed by atoms with Crippen molar-refractivity contribution < 1.29 is 4.79 Å². The fourth-order valence-electron chi connectivity index (χ4n) is 1.88. The molecule has 0 saturated carbocycles. The van der Waals surface area contributed by atoms with Crippen LogP contribution in [0.2, 0.25) is 5.02 Å². The van der Waals surface area contributed by atoms with Crippen molar-refractivity contribution in [2.24, 2.45) is 7.05 Å². The minimum absolute atomic E-state index is 0.00282. The van der Waals surface area contributed by atoms with E-state index in [-0.39, 0.29) is 5.78 Å². The Morgan fingerprint density at radius 1 is 1.42 bits per heavy atom. The van der Waals surface area contributed by atoms with Gasteiger partial charge in [0.15, 0.2) is 5.78 Å². The Hall–Kier alpha value is -1.13. The fraction of sp³-hybridized carbons (Fsp3) is 0.286. The molecule has 0 unspecified atom stereocenters. The number of rotatable bonds is 4. The zero-order valence-corrected chi connectivity index (χ0v) is 13.1. The molecule has 2 rings (SSSR count). The lowest BCUT2D eigenvalue weighted by Crippen LogP contribution is -2.08. The predicted molar refractivity (Wildman–Crippen MR) is 79.8 cm³/mol. The van der Waals surface area contributed by atoms with E-state index in [9.17, 15) is 4.79 Å². The first-order valence-electron chi connectivity index (χ1n) is 6.01. The van der Waals surface area contributed by atoms with Gasteiger partial charge in [-0.15, -0.1) is 0 Å². The van der Waals surface area contributed by atoms with Crippen LogP contribution in [0.5, 0.6) is 0 Å². The molecule has 100 valence electrons. The number of hydrogen-bond donors (Lipinski definition) is 0. The van der Waals surface area contributed by atoms with Crippen molar-refractivity contribution in [3.05, 3.63) is 50.7 Å². The third-order valence-electron chi connectivity index (χ3n) is 2.96. The Bertz CT molecular complexity index is 622. The molecule has 0 aliphatic heterocycles. The van der Waals surface area contributed by atoms with Crippen LogP contribution in [0.4, 0.5) is 0 Å². The smallest absolute Gasteiger partial charge is 0.170 e. The summed E-state index contributed by atoms with van der Waals surface area (Å²) in [5.74, 6) is -0.00282. The monoisotopic (exact) mass is 340 g/mol. The van der Waals surface area contributed by atoms with Gasteiger partial charge in [-0.2, -0.15) is 5.10 Å². The minimum atomic E-state index is -0.00282. The number of aryl methyl sites for hydroxylation is 2. The van der Waals surface area contributed by atoms with Crippen LogP contribution in [-0.4, -0.2) is 15.6 Å². The van der Waals surface area contributed by atoms with Gasteiger partial charge < -0.3 is 0 Å². The molecule has 1 heterocycles. The summed E-state index contributed by atoms with van der Waals surface area (Å²) in [7, 11) is 1.85. The van der Waals surface area contributed by atoms with E-state index in [2.05, 4.69) is 21.0 Å². The van der Waals surface area contributed by atoms with E-state index in [0.717, 1.165) is 22.3 Å². The topological polar surface area (TPSA) is 34.9 Å². The van der Waals surface area contributed by atoms with E-state index < -0.39 is 0 Å². The number of benzene rings is 1. The zero-order chi connectivity index (χ0) is 14.0. The fourth-order valence-corrected chi connectivity index (χ4v) is 2.46. The highest BCUT2D eigenvalue weighted by molar-refractivity contribution is 9.10. The molecule has 0 aliphatic rings. The molecule has 0 N–H and O–H groups in total. The van der Waals surface area contributed by atoms with Crippen LogP contribution in [0, 0.1) is 0 Å². The van der Waals surface area contributed by atoms with Crippen molar-refractivity contribution in [1.82, 2.24) is 9.78 Å². The first kappa shape index (κ1) is 14.3. The van der Waals surface area contributed by atoms with Crippen LogP contribution in [-0.2, 0) is 19.9 Å². The van der Waals surface area contributed by atoms with Crippen LogP contribution in [0.15, 0.2) is 28.7 Å². The van der Waals surface area contributed by atoms with Gasteiger partial charge in [0.05, 0.1) is 17.1 Å². The number of aromatic nitrogens is 2. The molecule has 0 radical (unpaired) electrons. The molecular weight excluding hydrogens is 328 g/mol. The van der Waals surface area contributed by atoms with Crippen LogP contribution in [0.25, 0.3) is 0 Å². The van der Waals surface area contributed by atoms with Gasteiger partial charge >= 0.3 is 0 Å². The number of carbonyl (C=O) groups is 1. The third-order valence-corrected chi connectivity index (χ3v) is 3.78. The lowest BCUT2D eigenvalue weighted by molar-refractivity contribution is 0.0991. The summed E-state index contributed by atoms with van der Waals surface area (Å²) in [5.41, 5.74) is 2.43. The maximum atomic E-state index is 12.3. The molecule has 1 aromatic heterocycles. The average molecular weight is 342 g/mol. The van der Waals surface area contributed by atoms with Crippen molar-refractivity contribution >= 4 is 33.3 Å². The van der Waals surface area contributed by atoms with Gasteiger partial charge in [-0.1, -0.05) is 34.5 Å². The lowest BCUT2D eigenvalue weighted by Gasteiger charge is -2.04. The molecule has 0 amide bonds. The normalized spacial score (nSPS) is 10.7. The number of hydrogen-bond acceptors (Lipinski definition) is 2. The van der Waals surface area contributed by atoms with E-state index in [1.165, 1.54) is 0 Å². The van der Waals surface area contributed by atoms with Crippen molar-refractivity contribution in [2.45, 2.75) is 19.8 Å². The van der Waals surface area contributed by atoms with Gasteiger partial charge in [0.25, 0.3) is 0 Å². The largest absolute Gasteiger partial charge is 0.294 e. The SMILES string of the molecule is CCc1cc(CC(=O)c2cc(Br)ccc2Cl)n(C)n1. The zero-order valence-electron chi connectivity index (χ0n) is 10.8. The molecule has 0 atom stereocenters. The number of halogens is 2. The van der Waals surface area contributed by atoms with Gasteiger partial charge in [-0.3, -0.25) is 9.48 Å². The Morgan fingerprint density at radius 3 is 2.79 bits per heavy atom. The van der Waals surface area contributed by atoms with E-state index in [1.807, 2.05) is 26.1 Å². The molecule has 5 heteroatoms. The summed E-state index contributed by atoms with van der Waals surface area (Å²) in [6.07, 6.45) is 1.17. The molecule has 0 saturated heterocycles. The standard InChI is InChI=1S/C14H14BrClN2O/c1-3-10-7-11(18(2)17-10)8-14(19)12-6-9(15)4-5-13(12)16/h4-7H,3,8H2,1-2H3. The molecule has 2 aromatic rings. The Morgan fingerprint density at radius 2 is 2.16 bits per heavy atom. The van der Waals surface area contributed by atoms with E-state index in [1.54, 1.807) is 16.8 Å². The first-order chi connectivity index (χ1) is 9.01. The Balaban J connectivity index is 2.25. The first-order valence-corrected chi connectivity index (χ1v) is 7.18. The summed E-state index contributed by atoms with van der Waals surface area (Å²) in [6.45, 7) is 2.04. The van der Waals surface area contributed by atoms with Crippen molar-refractivity contribution in [3.8, 4) is 0 Å². The van der Waals surface area contributed by atoms with Crippen LogP contribution >= 0.6 is 27.5 Å². The van der Waals surface area contributed by atoms with Crippen LogP contribution in [0.3, 0.4) is 0 Å². The molecule has 1 aromatic carbocycles. The lowest BCUT2D eigenvalue weighted by atomic mass is 10.1. The number of Topliss-reactive ketones (excluding diaryl/α,β-unsaturated/α-hetero) is 1. The molecule has 19 heavy (non-hydrogen) atoms. The number of nitrogens with zero attached hydrogens (tertiary/aromatic N) is 2. The second kappa shape index (κ2) is 5.88. The molecule has 0 fully saturated rings. The van der Waals surface area contributed by atoms with Crippen molar-refractivity contribution in [3.63, 3.8) is 0 Å². The van der Waals surface area contributed by atoms with Crippen molar-refractivity contribution in [2.75, 3.05) is 0 Å².